The monoisotopic (exact) mass is 375 g/mol. The quantitative estimate of drug-likeness (QED) is 0.514. The highest BCUT2D eigenvalue weighted by molar-refractivity contribution is 6.21. The van der Waals surface area contributed by atoms with E-state index in [1.54, 1.807) is 42.5 Å². The minimum Gasteiger partial charge on any atom is -0.460 e. The molecule has 140 valence electrons. The summed E-state index contributed by atoms with van der Waals surface area (Å²) < 4.78 is 5.26. The molecule has 2 amide bonds. The Morgan fingerprint density at radius 3 is 2.18 bits per heavy atom. The highest BCUT2D eigenvalue weighted by Gasteiger charge is 2.34. The van der Waals surface area contributed by atoms with E-state index >= 15 is 0 Å². The van der Waals surface area contributed by atoms with Crippen molar-refractivity contribution >= 4 is 28.8 Å². The lowest BCUT2D eigenvalue weighted by Gasteiger charge is -2.14. The predicted octanol–water partition coefficient (Wildman–Crippen LogP) is 2.70. The number of carbonyl (C=O) groups excluding carboxylic acids is 3. The molecule has 1 aliphatic heterocycles. The lowest BCUT2D eigenvalue weighted by atomic mass is 10.1. The number of hydrogen-bond donors (Lipinski definition) is 0. The second kappa shape index (κ2) is 6.84. The van der Waals surface area contributed by atoms with Crippen LogP contribution in [-0.4, -0.2) is 45.8 Å². The molecule has 0 saturated carbocycles. The summed E-state index contributed by atoms with van der Waals surface area (Å²) in [6.45, 7) is 3.66. The molecule has 0 N–H and O–H groups in total. The fourth-order valence-electron chi connectivity index (χ4n) is 3.11. The van der Waals surface area contributed by atoms with Gasteiger partial charge in [0.05, 0.1) is 45.7 Å². The van der Waals surface area contributed by atoms with Crippen LogP contribution in [0.2, 0.25) is 0 Å². The van der Waals surface area contributed by atoms with Crippen molar-refractivity contribution in [2.75, 3.05) is 13.2 Å². The van der Waals surface area contributed by atoms with E-state index in [9.17, 15) is 14.4 Å². The van der Waals surface area contributed by atoms with Crippen LogP contribution >= 0.6 is 0 Å². The molecule has 0 spiro atoms. The van der Waals surface area contributed by atoms with Gasteiger partial charge in [0.1, 0.15) is 6.61 Å². The molecule has 7 heteroatoms. The summed E-state index contributed by atoms with van der Waals surface area (Å²) in [5.41, 5.74) is 4.03. The summed E-state index contributed by atoms with van der Waals surface area (Å²) in [5.74, 6) is -1.29. The average Bonchev–Trinajstić information content (AvgIpc) is 2.93. The van der Waals surface area contributed by atoms with Crippen molar-refractivity contribution in [3.8, 4) is 0 Å². The normalized spacial score (nSPS) is 13.1. The fourth-order valence-corrected chi connectivity index (χ4v) is 3.11. The maximum Gasteiger partial charge on any atom is 0.338 e. The molecule has 0 radical (unpaired) electrons. The van der Waals surface area contributed by atoms with Gasteiger partial charge in [-0.05, 0) is 44.2 Å². The number of carbonyl (C=O) groups is 3. The first-order valence-corrected chi connectivity index (χ1v) is 8.83. The minimum atomic E-state index is -0.543. The molecule has 0 bridgehead atoms. The van der Waals surface area contributed by atoms with Crippen molar-refractivity contribution in [2.24, 2.45) is 0 Å². The average molecular weight is 375 g/mol. The smallest absolute Gasteiger partial charge is 0.338 e. The van der Waals surface area contributed by atoms with Gasteiger partial charge in [0.15, 0.2) is 0 Å². The zero-order valence-corrected chi connectivity index (χ0v) is 15.4. The number of imide groups is 1. The Hall–Kier alpha value is -3.61. The molecule has 0 saturated heterocycles. The first kappa shape index (κ1) is 17.8. The van der Waals surface area contributed by atoms with Crippen LogP contribution < -0.4 is 0 Å². The number of fused-ring (bicyclic) bond motifs is 2. The topological polar surface area (TPSA) is 89.5 Å². The van der Waals surface area contributed by atoms with Crippen molar-refractivity contribution < 1.29 is 19.1 Å². The maximum absolute atomic E-state index is 12.3. The number of aromatic nitrogens is 2. The largest absolute Gasteiger partial charge is 0.460 e. The Balaban J connectivity index is 1.43. The van der Waals surface area contributed by atoms with Gasteiger partial charge in [-0.3, -0.25) is 14.5 Å². The van der Waals surface area contributed by atoms with E-state index in [0.29, 0.717) is 27.7 Å². The van der Waals surface area contributed by atoms with Crippen LogP contribution in [0.5, 0.6) is 0 Å². The molecule has 0 unspecified atom stereocenters. The van der Waals surface area contributed by atoms with Crippen molar-refractivity contribution in [3.63, 3.8) is 0 Å². The number of nitrogens with zero attached hydrogens (tertiary/aromatic N) is 3. The molecule has 0 aliphatic carbocycles. The first-order chi connectivity index (χ1) is 13.5. The summed E-state index contributed by atoms with van der Waals surface area (Å²) in [6.07, 6.45) is 0. The number of benzene rings is 2. The molecule has 1 aromatic heterocycles. The second-order valence-corrected chi connectivity index (χ2v) is 6.54. The number of amides is 2. The number of aryl methyl sites for hydroxylation is 2. The van der Waals surface area contributed by atoms with Crippen molar-refractivity contribution in [2.45, 2.75) is 13.8 Å². The number of esters is 1. The number of ether oxygens (including phenoxy) is 1. The zero-order chi connectivity index (χ0) is 19.8. The summed E-state index contributed by atoms with van der Waals surface area (Å²) in [5, 5.41) is 0. The summed E-state index contributed by atoms with van der Waals surface area (Å²) in [6, 6.07) is 11.6. The van der Waals surface area contributed by atoms with Gasteiger partial charge in [0, 0.05) is 0 Å². The lowest BCUT2D eigenvalue weighted by Crippen LogP contribution is -2.33. The molecule has 28 heavy (non-hydrogen) atoms. The minimum absolute atomic E-state index is 0.00375. The molecule has 0 fully saturated rings. The van der Waals surface area contributed by atoms with Gasteiger partial charge >= 0.3 is 5.97 Å². The van der Waals surface area contributed by atoms with Gasteiger partial charge < -0.3 is 4.74 Å². The van der Waals surface area contributed by atoms with E-state index in [0.717, 1.165) is 16.3 Å². The van der Waals surface area contributed by atoms with E-state index in [1.807, 2.05) is 13.8 Å². The zero-order valence-electron chi connectivity index (χ0n) is 15.4. The van der Waals surface area contributed by atoms with E-state index in [2.05, 4.69) is 9.97 Å². The van der Waals surface area contributed by atoms with Crippen molar-refractivity contribution in [1.29, 1.82) is 0 Å². The van der Waals surface area contributed by atoms with Crippen LogP contribution in [0.4, 0.5) is 0 Å². The van der Waals surface area contributed by atoms with E-state index < -0.39 is 5.97 Å². The van der Waals surface area contributed by atoms with Gasteiger partial charge in [0.25, 0.3) is 11.8 Å². The third kappa shape index (κ3) is 3.00. The van der Waals surface area contributed by atoms with E-state index in [1.165, 1.54) is 0 Å². The standard InChI is InChI=1S/C21H17N3O4/c1-12-13(2)23-18-11-14(7-8-17(18)22-12)21(27)28-10-9-24-19(25)15-5-3-4-6-16(15)20(24)26/h3-8,11H,9-10H2,1-2H3. The lowest BCUT2D eigenvalue weighted by molar-refractivity contribution is 0.0420. The second-order valence-electron chi connectivity index (χ2n) is 6.54. The molecule has 1 aliphatic rings. The predicted molar refractivity (Wildman–Crippen MR) is 101 cm³/mol. The Morgan fingerprint density at radius 2 is 1.54 bits per heavy atom. The molecule has 7 nitrogen and oxygen atoms in total. The molecular formula is C21H17N3O4. The van der Waals surface area contributed by atoms with E-state index in [-0.39, 0.29) is 25.0 Å². The van der Waals surface area contributed by atoms with Crippen LogP contribution in [-0.2, 0) is 4.74 Å². The van der Waals surface area contributed by atoms with Gasteiger partial charge in [-0.2, -0.15) is 0 Å². The maximum atomic E-state index is 12.3. The van der Waals surface area contributed by atoms with Crippen LogP contribution in [0.15, 0.2) is 42.5 Å². The van der Waals surface area contributed by atoms with Gasteiger partial charge in [-0.1, -0.05) is 12.1 Å². The van der Waals surface area contributed by atoms with Gasteiger partial charge in [0.2, 0.25) is 0 Å². The van der Waals surface area contributed by atoms with E-state index in [4.69, 9.17) is 4.74 Å². The highest BCUT2D eigenvalue weighted by Crippen LogP contribution is 2.22. The summed E-state index contributed by atoms with van der Waals surface area (Å²) in [4.78, 5) is 46.9. The molecule has 0 atom stereocenters. The molecule has 4 rings (SSSR count). The van der Waals surface area contributed by atoms with Gasteiger partial charge in [-0.25, -0.2) is 14.8 Å². The van der Waals surface area contributed by atoms with Crippen LogP contribution in [0.3, 0.4) is 0 Å². The van der Waals surface area contributed by atoms with Crippen molar-refractivity contribution in [3.05, 3.63) is 70.5 Å². The Morgan fingerprint density at radius 1 is 0.929 bits per heavy atom. The molecule has 2 heterocycles. The molecule has 3 aromatic rings. The highest BCUT2D eigenvalue weighted by atomic mass is 16.5. The Bertz CT molecular complexity index is 1100. The summed E-state index contributed by atoms with van der Waals surface area (Å²) in [7, 11) is 0. The third-order valence-electron chi connectivity index (χ3n) is 4.74. The summed E-state index contributed by atoms with van der Waals surface area (Å²) >= 11 is 0. The van der Waals surface area contributed by atoms with Crippen LogP contribution in [0, 0.1) is 13.8 Å². The SMILES string of the molecule is Cc1nc2ccc(C(=O)OCCN3C(=O)c4ccccc4C3=O)cc2nc1C. The number of hydrogen-bond acceptors (Lipinski definition) is 6. The molecule has 2 aromatic carbocycles. The van der Waals surface area contributed by atoms with Crippen LogP contribution in [0.1, 0.15) is 42.5 Å². The Kier molecular flexibility index (Phi) is 4.35. The fraction of sp³-hybridized carbons (Fsp3) is 0.190. The molecular weight excluding hydrogens is 358 g/mol. The number of rotatable bonds is 4. The van der Waals surface area contributed by atoms with Gasteiger partial charge in [-0.15, -0.1) is 0 Å². The Labute approximate surface area is 161 Å². The first-order valence-electron chi connectivity index (χ1n) is 8.83. The third-order valence-corrected chi connectivity index (χ3v) is 4.74. The van der Waals surface area contributed by atoms with Crippen LogP contribution in [0.25, 0.3) is 11.0 Å². The van der Waals surface area contributed by atoms with Crippen molar-refractivity contribution in [1.82, 2.24) is 14.9 Å².